The summed E-state index contributed by atoms with van der Waals surface area (Å²) >= 11 is 5.95. The van der Waals surface area contributed by atoms with Crippen LogP contribution in [0.2, 0.25) is 5.02 Å². The third kappa shape index (κ3) is 3.80. The molecule has 0 unspecified atom stereocenters. The first-order valence-electron chi connectivity index (χ1n) is 4.76. The molecule has 0 aliphatic rings. The predicted molar refractivity (Wildman–Crippen MR) is 58.6 cm³/mol. The fourth-order valence-electron chi connectivity index (χ4n) is 1.13. The summed E-state index contributed by atoms with van der Waals surface area (Å²) in [6.45, 7) is 2.18. The fraction of sp³-hybridized carbons (Fsp3) is 0.364. The summed E-state index contributed by atoms with van der Waals surface area (Å²) in [4.78, 5) is 10.3. The molecule has 0 heterocycles. The molecule has 1 rings (SSSR count). The molecule has 15 heavy (non-hydrogen) atoms. The van der Waals surface area contributed by atoms with Crippen LogP contribution in [0.25, 0.3) is 0 Å². The molecule has 1 aromatic rings. The van der Waals surface area contributed by atoms with Gasteiger partial charge < -0.3 is 9.84 Å². The van der Waals surface area contributed by atoms with Crippen LogP contribution in [0, 0.1) is 0 Å². The Bertz CT molecular complexity index is 350. The maximum atomic E-state index is 10.3. The van der Waals surface area contributed by atoms with Crippen LogP contribution in [-0.2, 0) is 11.2 Å². The first-order chi connectivity index (χ1) is 7.13. The lowest BCUT2D eigenvalue weighted by Gasteiger charge is -2.07. The van der Waals surface area contributed by atoms with Crippen molar-refractivity contribution in [1.82, 2.24) is 0 Å². The van der Waals surface area contributed by atoms with Gasteiger partial charge in [-0.1, -0.05) is 24.6 Å². The van der Waals surface area contributed by atoms with E-state index in [2.05, 4.69) is 0 Å². The molecule has 0 aromatic heterocycles. The zero-order valence-electron chi connectivity index (χ0n) is 8.50. The Morgan fingerprint density at radius 1 is 1.53 bits per heavy atom. The van der Waals surface area contributed by atoms with Crippen LogP contribution in [0.15, 0.2) is 18.2 Å². The average molecular weight is 229 g/mol. The molecule has 0 amide bonds. The SMILES string of the molecule is CCc1ccc(OCCC(=O)O)c(Cl)c1. The second-order valence-corrected chi connectivity index (χ2v) is 3.52. The number of aliphatic carboxylic acids is 1. The summed E-state index contributed by atoms with van der Waals surface area (Å²) in [5.74, 6) is -0.341. The number of benzene rings is 1. The smallest absolute Gasteiger partial charge is 0.306 e. The standard InChI is InChI=1S/C11H13ClO3/c1-2-8-3-4-10(9(12)7-8)15-6-5-11(13)14/h3-4,7H,2,5-6H2,1H3,(H,13,14). The van der Waals surface area contributed by atoms with Crippen LogP contribution in [0.4, 0.5) is 0 Å². The highest BCUT2D eigenvalue weighted by Gasteiger charge is 2.03. The minimum atomic E-state index is -0.878. The first kappa shape index (κ1) is 11.9. The van der Waals surface area contributed by atoms with E-state index >= 15 is 0 Å². The summed E-state index contributed by atoms with van der Waals surface area (Å²) in [6, 6.07) is 5.52. The van der Waals surface area contributed by atoms with Crippen molar-refractivity contribution in [2.75, 3.05) is 6.61 Å². The highest BCUT2D eigenvalue weighted by atomic mass is 35.5. The van der Waals surface area contributed by atoms with Gasteiger partial charge in [-0.3, -0.25) is 4.79 Å². The highest BCUT2D eigenvalue weighted by molar-refractivity contribution is 6.32. The van der Waals surface area contributed by atoms with Gasteiger partial charge in [0, 0.05) is 0 Å². The Morgan fingerprint density at radius 3 is 2.80 bits per heavy atom. The van der Waals surface area contributed by atoms with Gasteiger partial charge in [0.1, 0.15) is 5.75 Å². The minimum Gasteiger partial charge on any atom is -0.491 e. The number of hydrogen-bond donors (Lipinski definition) is 1. The van der Waals surface area contributed by atoms with Crippen LogP contribution in [-0.4, -0.2) is 17.7 Å². The third-order valence-corrected chi connectivity index (χ3v) is 2.27. The molecule has 82 valence electrons. The van der Waals surface area contributed by atoms with E-state index in [1.54, 1.807) is 6.07 Å². The van der Waals surface area contributed by atoms with E-state index in [4.69, 9.17) is 21.4 Å². The fourth-order valence-corrected chi connectivity index (χ4v) is 1.39. The Hall–Kier alpha value is -1.22. The van der Waals surface area contributed by atoms with Gasteiger partial charge in [-0.2, -0.15) is 0 Å². The Morgan fingerprint density at radius 2 is 2.27 bits per heavy atom. The van der Waals surface area contributed by atoms with Gasteiger partial charge in [0.2, 0.25) is 0 Å². The lowest BCUT2D eigenvalue weighted by molar-refractivity contribution is -0.137. The van der Waals surface area contributed by atoms with E-state index in [1.165, 1.54) is 0 Å². The minimum absolute atomic E-state index is 0.0220. The van der Waals surface area contributed by atoms with Crippen molar-refractivity contribution in [1.29, 1.82) is 0 Å². The predicted octanol–water partition coefficient (Wildman–Crippen LogP) is 2.76. The number of aryl methyl sites for hydroxylation is 1. The van der Waals surface area contributed by atoms with Crippen molar-refractivity contribution in [2.24, 2.45) is 0 Å². The van der Waals surface area contributed by atoms with Crippen LogP contribution in [0.5, 0.6) is 5.75 Å². The number of rotatable bonds is 5. The van der Waals surface area contributed by atoms with Crippen molar-refractivity contribution in [2.45, 2.75) is 19.8 Å². The zero-order valence-corrected chi connectivity index (χ0v) is 9.25. The van der Waals surface area contributed by atoms with Gasteiger partial charge in [0.15, 0.2) is 0 Å². The van der Waals surface area contributed by atoms with Gasteiger partial charge in [-0.25, -0.2) is 0 Å². The Balaban J connectivity index is 2.58. The highest BCUT2D eigenvalue weighted by Crippen LogP contribution is 2.25. The summed E-state index contributed by atoms with van der Waals surface area (Å²) < 4.78 is 5.23. The van der Waals surface area contributed by atoms with Gasteiger partial charge >= 0.3 is 5.97 Å². The van der Waals surface area contributed by atoms with E-state index in [1.807, 2.05) is 19.1 Å². The van der Waals surface area contributed by atoms with E-state index in [0.29, 0.717) is 10.8 Å². The lowest BCUT2D eigenvalue weighted by Crippen LogP contribution is -2.05. The molecular formula is C11H13ClO3. The zero-order chi connectivity index (χ0) is 11.3. The van der Waals surface area contributed by atoms with Crippen molar-refractivity contribution in [3.63, 3.8) is 0 Å². The summed E-state index contributed by atoms with van der Waals surface area (Å²) in [5.41, 5.74) is 1.13. The Labute approximate surface area is 93.6 Å². The quantitative estimate of drug-likeness (QED) is 0.843. The molecule has 0 radical (unpaired) electrons. The molecule has 0 aliphatic heterocycles. The maximum Gasteiger partial charge on any atom is 0.306 e. The van der Waals surface area contributed by atoms with E-state index in [-0.39, 0.29) is 13.0 Å². The van der Waals surface area contributed by atoms with Gasteiger partial charge in [0.25, 0.3) is 0 Å². The first-order valence-corrected chi connectivity index (χ1v) is 5.14. The molecule has 1 aromatic carbocycles. The molecule has 4 heteroatoms. The van der Waals surface area contributed by atoms with Crippen molar-refractivity contribution in [3.05, 3.63) is 28.8 Å². The Kier molecular flexibility index (Phi) is 4.43. The van der Waals surface area contributed by atoms with Gasteiger partial charge in [-0.05, 0) is 24.1 Å². The second-order valence-electron chi connectivity index (χ2n) is 3.11. The number of halogens is 1. The molecule has 1 N–H and O–H groups in total. The number of ether oxygens (including phenoxy) is 1. The summed E-state index contributed by atoms with van der Waals surface area (Å²) in [7, 11) is 0. The molecule has 3 nitrogen and oxygen atoms in total. The molecule has 0 aliphatic carbocycles. The molecular weight excluding hydrogens is 216 g/mol. The molecule has 0 saturated heterocycles. The number of carboxylic acid groups (broad SMARTS) is 1. The topological polar surface area (TPSA) is 46.5 Å². The lowest BCUT2D eigenvalue weighted by atomic mass is 10.2. The molecule has 0 spiro atoms. The largest absolute Gasteiger partial charge is 0.491 e. The second kappa shape index (κ2) is 5.61. The summed E-state index contributed by atoms with van der Waals surface area (Å²) in [5, 5.41) is 8.96. The van der Waals surface area contributed by atoms with Crippen LogP contribution < -0.4 is 4.74 Å². The molecule has 0 saturated carbocycles. The van der Waals surface area contributed by atoms with Crippen LogP contribution in [0.3, 0.4) is 0 Å². The van der Waals surface area contributed by atoms with Crippen LogP contribution in [0.1, 0.15) is 18.9 Å². The molecule has 0 fully saturated rings. The van der Waals surface area contributed by atoms with E-state index in [0.717, 1.165) is 12.0 Å². The van der Waals surface area contributed by atoms with Crippen molar-refractivity contribution < 1.29 is 14.6 Å². The normalized spacial score (nSPS) is 10.0. The monoisotopic (exact) mass is 228 g/mol. The van der Waals surface area contributed by atoms with Gasteiger partial charge in [-0.15, -0.1) is 0 Å². The van der Waals surface area contributed by atoms with E-state index < -0.39 is 5.97 Å². The van der Waals surface area contributed by atoms with Gasteiger partial charge in [0.05, 0.1) is 18.1 Å². The number of carboxylic acids is 1. The maximum absolute atomic E-state index is 10.3. The van der Waals surface area contributed by atoms with Crippen molar-refractivity contribution in [3.8, 4) is 5.75 Å². The van der Waals surface area contributed by atoms with E-state index in [9.17, 15) is 4.79 Å². The number of carbonyl (C=O) groups is 1. The molecule has 0 atom stereocenters. The van der Waals surface area contributed by atoms with Crippen LogP contribution >= 0.6 is 11.6 Å². The van der Waals surface area contributed by atoms with Crippen molar-refractivity contribution >= 4 is 17.6 Å². The number of hydrogen-bond acceptors (Lipinski definition) is 2. The third-order valence-electron chi connectivity index (χ3n) is 1.98. The average Bonchev–Trinajstić information content (AvgIpc) is 2.20. The summed E-state index contributed by atoms with van der Waals surface area (Å²) in [6.07, 6.45) is 0.890. The molecule has 0 bridgehead atoms.